The SMILES string of the molecule is CC1CN(/C=C/C(=O)O)CC1N(C)C. The third-order valence-electron chi connectivity index (χ3n) is 2.69. The molecule has 1 heterocycles. The van der Waals surface area contributed by atoms with Crippen molar-refractivity contribution in [2.75, 3.05) is 27.2 Å². The molecule has 0 saturated carbocycles. The summed E-state index contributed by atoms with van der Waals surface area (Å²) in [5.41, 5.74) is 0. The molecular formula is C10H18N2O2. The summed E-state index contributed by atoms with van der Waals surface area (Å²) in [7, 11) is 4.12. The molecule has 0 aromatic carbocycles. The number of rotatable bonds is 3. The van der Waals surface area contributed by atoms with E-state index in [1.165, 1.54) is 6.08 Å². The largest absolute Gasteiger partial charge is 0.478 e. The minimum absolute atomic E-state index is 0.522. The minimum atomic E-state index is -0.883. The molecule has 14 heavy (non-hydrogen) atoms. The second-order valence-corrected chi connectivity index (χ2v) is 4.12. The van der Waals surface area contributed by atoms with E-state index < -0.39 is 5.97 Å². The summed E-state index contributed by atoms with van der Waals surface area (Å²) in [5, 5.41) is 8.49. The van der Waals surface area contributed by atoms with Crippen molar-refractivity contribution in [1.82, 2.24) is 9.80 Å². The van der Waals surface area contributed by atoms with E-state index in [1.54, 1.807) is 6.20 Å². The van der Waals surface area contributed by atoms with Gasteiger partial charge in [0.2, 0.25) is 0 Å². The molecule has 0 aliphatic carbocycles. The molecule has 1 aliphatic heterocycles. The van der Waals surface area contributed by atoms with Gasteiger partial charge in [-0.1, -0.05) is 6.92 Å². The quantitative estimate of drug-likeness (QED) is 0.669. The van der Waals surface area contributed by atoms with Gasteiger partial charge in [0.25, 0.3) is 0 Å². The summed E-state index contributed by atoms with van der Waals surface area (Å²) < 4.78 is 0. The van der Waals surface area contributed by atoms with Crippen molar-refractivity contribution in [2.24, 2.45) is 5.92 Å². The van der Waals surface area contributed by atoms with Crippen molar-refractivity contribution >= 4 is 5.97 Å². The van der Waals surface area contributed by atoms with Gasteiger partial charge in [-0.05, 0) is 20.0 Å². The van der Waals surface area contributed by atoms with E-state index >= 15 is 0 Å². The first-order chi connectivity index (χ1) is 6.50. The summed E-state index contributed by atoms with van der Waals surface area (Å²) >= 11 is 0. The van der Waals surface area contributed by atoms with Crippen molar-refractivity contribution in [3.05, 3.63) is 12.3 Å². The van der Waals surface area contributed by atoms with E-state index in [0.717, 1.165) is 13.1 Å². The zero-order chi connectivity index (χ0) is 10.7. The van der Waals surface area contributed by atoms with Crippen LogP contribution in [-0.2, 0) is 4.79 Å². The van der Waals surface area contributed by atoms with Crippen LogP contribution in [0, 0.1) is 5.92 Å². The Morgan fingerprint density at radius 3 is 2.57 bits per heavy atom. The van der Waals surface area contributed by atoms with E-state index in [2.05, 4.69) is 30.8 Å². The smallest absolute Gasteiger partial charge is 0.329 e. The van der Waals surface area contributed by atoms with Gasteiger partial charge in [-0.3, -0.25) is 0 Å². The van der Waals surface area contributed by atoms with E-state index in [9.17, 15) is 4.79 Å². The Kier molecular flexibility index (Phi) is 3.52. The van der Waals surface area contributed by atoms with E-state index in [4.69, 9.17) is 5.11 Å². The summed E-state index contributed by atoms with van der Waals surface area (Å²) in [5.74, 6) is -0.297. The number of aliphatic carboxylic acids is 1. The third kappa shape index (κ3) is 2.73. The summed E-state index contributed by atoms with van der Waals surface area (Å²) in [6, 6.07) is 0.522. The number of likely N-dealkylation sites (N-methyl/N-ethyl adjacent to an activating group) is 1. The van der Waals surface area contributed by atoms with Gasteiger partial charge in [0.15, 0.2) is 0 Å². The van der Waals surface area contributed by atoms with Gasteiger partial charge < -0.3 is 14.9 Å². The highest BCUT2D eigenvalue weighted by Gasteiger charge is 2.29. The van der Waals surface area contributed by atoms with Crippen LogP contribution in [-0.4, -0.2) is 54.1 Å². The van der Waals surface area contributed by atoms with Gasteiger partial charge in [0.1, 0.15) is 0 Å². The van der Waals surface area contributed by atoms with Gasteiger partial charge in [-0.25, -0.2) is 4.79 Å². The molecular weight excluding hydrogens is 180 g/mol. The number of hydrogen-bond donors (Lipinski definition) is 1. The average molecular weight is 198 g/mol. The molecule has 0 radical (unpaired) electrons. The maximum Gasteiger partial charge on any atom is 0.329 e. The van der Waals surface area contributed by atoms with Crippen molar-refractivity contribution in [2.45, 2.75) is 13.0 Å². The number of carboxylic acids is 1. The predicted molar refractivity (Wildman–Crippen MR) is 55.0 cm³/mol. The van der Waals surface area contributed by atoms with Gasteiger partial charge in [-0.15, -0.1) is 0 Å². The number of hydrogen-bond acceptors (Lipinski definition) is 3. The maximum atomic E-state index is 10.3. The Bertz CT molecular complexity index is 238. The first-order valence-electron chi connectivity index (χ1n) is 4.82. The molecule has 0 aromatic rings. The zero-order valence-electron chi connectivity index (χ0n) is 8.97. The highest BCUT2D eigenvalue weighted by molar-refractivity contribution is 5.79. The van der Waals surface area contributed by atoms with Crippen LogP contribution in [0.3, 0.4) is 0 Å². The van der Waals surface area contributed by atoms with Crippen molar-refractivity contribution in [1.29, 1.82) is 0 Å². The molecule has 0 spiro atoms. The van der Waals surface area contributed by atoms with E-state index in [1.807, 2.05) is 0 Å². The Morgan fingerprint density at radius 2 is 2.14 bits per heavy atom. The Labute approximate surface area is 84.8 Å². The number of carbonyl (C=O) groups is 1. The van der Waals surface area contributed by atoms with E-state index in [-0.39, 0.29) is 0 Å². The monoisotopic (exact) mass is 198 g/mol. The molecule has 2 atom stereocenters. The molecule has 80 valence electrons. The molecule has 0 amide bonds. The molecule has 1 fully saturated rings. The Hall–Kier alpha value is -1.03. The fraction of sp³-hybridized carbons (Fsp3) is 0.700. The normalized spacial score (nSPS) is 27.9. The summed E-state index contributed by atoms with van der Waals surface area (Å²) in [6.45, 7) is 4.05. The predicted octanol–water partition coefficient (Wildman–Crippen LogP) is 0.467. The average Bonchev–Trinajstić information content (AvgIpc) is 2.43. The second-order valence-electron chi connectivity index (χ2n) is 4.12. The topological polar surface area (TPSA) is 43.8 Å². The van der Waals surface area contributed by atoms with Gasteiger partial charge in [-0.2, -0.15) is 0 Å². The maximum absolute atomic E-state index is 10.3. The number of carboxylic acid groups (broad SMARTS) is 1. The van der Waals surface area contributed by atoms with Crippen molar-refractivity contribution in [3.8, 4) is 0 Å². The molecule has 1 saturated heterocycles. The fourth-order valence-electron chi connectivity index (χ4n) is 1.95. The first-order valence-corrected chi connectivity index (χ1v) is 4.82. The Morgan fingerprint density at radius 1 is 1.50 bits per heavy atom. The van der Waals surface area contributed by atoms with Crippen molar-refractivity contribution < 1.29 is 9.90 Å². The molecule has 2 unspecified atom stereocenters. The van der Waals surface area contributed by atoms with E-state index in [0.29, 0.717) is 12.0 Å². The van der Waals surface area contributed by atoms with Crippen LogP contribution in [0.25, 0.3) is 0 Å². The van der Waals surface area contributed by atoms with Crippen LogP contribution in [0.1, 0.15) is 6.92 Å². The highest BCUT2D eigenvalue weighted by Crippen LogP contribution is 2.19. The van der Waals surface area contributed by atoms with Crippen LogP contribution in [0.2, 0.25) is 0 Å². The van der Waals surface area contributed by atoms with Crippen molar-refractivity contribution in [3.63, 3.8) is 0 Å². The standard InChI is InChI=1S/C10H18N2O2/c1-8-6-12(5-4-10(13)14)7-9(8)11(2)3/h4-5,8-9H,6-7H2,1-3H3,(H,13,14)/b5-4+. The molecule has 4 heteroatoms. The minimum Gasteiger partial charge on any atom is -0.478 e. The van der Waals surface area contributed by atoms with Crippen LogP contribution < -0.4 is 0 Å². The van der Waals surface area contributed by atoms with Crippen LogP contribution in [0.15, 0.2) is 12.3 Å². The Balaban J connectivity index is 2.50. The lowest BCUT2D eigenvalue weighted by Gasteiger charge is -2.22. The van der Waals surface area contributed by atoms with Gasteiger partial charge >= 0.3 is 5.97 Å². The lowest BCUT2D eigenvalue weighted by atomic mass is 10.1. The molecule has 0 bridgehead atoms. The fourth-order valence-corrected chi connectivity index (χ4v) is 1.95. The third-order valence-corrected chi connectivity index (χ3v) is 2.69. The van der Waals surface area contributed by atoms with Gasteiger partial charge in [0, 0.05) is 31.4 Å². The number of likely N-dealkylation sites (tertiary alicyclic amines) is 1. The summed E-state index contributed by atoms with van der Waals surface area (Å²) in [6.07, 6.45) is 2.87. The molecule has 0 aromatic heterocycles. The molecule has 1 N–H and O–H groups in total. The lowest BCUT2D eigenvalue weighted by molar-refractivity contribution is -0.131. The van der Waals surface area contributed by atoms with Crippen LogP contribution in [0.4, 0.5) is 0 Å². The zero-order valence-corrected chi connectivity index (χ0v) is 8.97. The summed E-state index contributed by atoms with van der Waals surface area (Å²) in [4.78, 5) is 14.6. The number of nitrogens with zero attached hydrogens (tertiary/aromatic N) is 2. The molecule has 4 nitrogen and oxygen atoms in total. The van der Waals surface area contributed by atoms with Crippen LogP contribution in [0.5, 0.6) is 0 Å². The second kappa shape index (κ2) is 4.46. The lowest BCUT2D eigenvalue weighted by Crippen LogP contribution is -2.33. The first kappa shape index (κ1) is 11.0. The van der Waals surface area contributed by atoms with Gasteiger partial charge in [0.05, 0.1) is 0 Å². The molecule has 1 rings (SSSR count). The van der Waals surface area contributed by atoms with Crippen LogP contribution >= 0.6 is 0 Å². The highest BCUT2D eigenvalue weighted by atomic mass is 16.4. The molecule has 1 aliphatic rings.